The van der Waals surface area contributed by atoms with Gasteiger partial charge in [-0.1, -0.05) is 18.2 Å². The molecule has 0 aliphatic heterocycles. The summed E-state index contributed by atoms with van der Waals surface area (Å²) in [6.45, 7) is 1.88. The van der Waals surface area contributed by atoms with Gasteiger partial charge in [0.25, 0.3) is 0 Å². The first-order valence-electron chi connectivity index (χ1n) is 7.98. The number of benzene rings is 2. The van der Waals surface area contributed by atoms with Crippen molar-refractivity contribution in [1.82, 2.24) is 0 Å². The van der Waals surface area contributed by atoms with Crippen molar-refractivity contribution in [2.45, 2.75) is 6.92 Å². The molecule has 136 valence electrons. The van der Waals surface area contributed by atoms with E-state index in [1.165, 1.54) is 25.3 Å². The standard InChI is InChI=1S/C20H19FO5/c1-3-25-18-7-5-4-6-14(18)9-11-20(23)26-13-17(22)15-8-10-19(24-2)16(21)12-15/h4-12H,3,13H2,1-2H3/b11-9+. The van der Waals surface area contributed by atoms with Crippen LogP contribution in [-0.2, 0) is 9.53 Å². The first-order chi connectivity index (χ1) is 12.5. The Morgan fingerprint density at radius 1 is 1.12 bits per heavy atom. The lowest BCUT2D eigenvalue weighted by Gasteiger charge is -2.06. The molecule has 0 heterocycles. The number of esters is 1. The van der Waals surface area contributed by atoms with Crippen LogP contribution in [0, 0.1) is 5.82 Å². The summed E-state index contributed by atoms with van der Waals surface area (Å²) < 4.78 is 28.8. The summed E-state index contributed by atoms with van der Waals surface area (Å²) in [5, 5.41) is 0. The summed E-state index contributed by atoms with van der Waals surface area (Å²) >= 11 is 0. The summed E-state index contributed by atoms with van der Waals surface area (Å²) in [5.74, 6) is -1.17. The summed E-state index contributed by atoms with van der Waals surface area (Å²) in [4.78, 5) is 23.8. The van der Waals surface area contributed by atoms with Crippen molar-refractivity contribution in [2.75, 3.05) is 20.3 Å². The maximum Gasteiger partial charge on any atom is 0.331 e. The lowest BCUT2D eigenvalue weighted by molar-refractivity contribution is -0.136. The molecule has 5 nitrogen and oxygen atoms in total. The van der Waals surface area contributed by atoms with Crippen LogP contribution in [0.2, 0.25) is 0 Å². The molecule has 0 fully saturated rings. The minimum Gasteiger partial charge on any atom is -0.494 e. The highest BCUT2D eigenvalue weighted by atomic mass is 19.1. The predicted octanol–water partition coefficient (Wildman–Crippen LogP) is 3.67. The smallest absolute Gasteiger partial charge is 0.331 e. The van der Waals surface area contributed by atoms with Crippen LogP contribution in [0.4, 0.5) is 4.39 Å². The normalized spacial score (nSPS) is 10.6. The molecule has 0 atom stereocenters. The van der Waals surface area contributed by atoms with E-state index in [-0.39, 0.29) is 11.3 Å². The van der Waals surface area contributed by atoms with Crippen molar-refractivity contribution in [3.8, 4) is 11.5 Å². The number of hydrogen-bond acceptors (Lipinski definition) is 5. The molecule has 6 heteroatoms. The van der Waals surface area contributed by atoms with Gasteiger partial charge in [0.05, 0.1) is 13.7 Å². The minimum absolute atomic E-state index is 0.0365. The number of carbonyl (C=O) groups is 2. The monoisotopic (exact) mass is 358 g/mol. The Kier molecular flexibility index (Phi) is 6.91. The third-order valence-corrected chi connectivity index (χ3v) is 3.44. The van der Waals surface area contributed by atoms with Crippen LogP contribution in [0.5, 0.6) is 11.5 Å². The molecule has 0 saturated heterocycles. The van der Waals surface area contributed by atoms with Crippen LogP contribution in [0.1, 0.15) is 22.8 Å². The van der Waals surface area contributed by atoms with Crippen molar-refractivity contribution in [3.05, 3.63) is 65.5 Å². The highest BCUT2D eigenvalue weighted by Crippen LogP contribution is 2.20. The predicted molar refractivity (Wildman–Crippen MR) is 94.9 cm³/mol. The van der Waals surface area contributed by atoms with E-state index in [0.29, 0.717) is 12.4 Å². The van der Waals surface area contributed by atoms with Crippen molar-refractivity contribution >= 4 is 17.8 Å². The molecule has 0 aliphatic rings. The zero-order chi connectivity index (χ0) is 18.9. The van der Waals surface area contributed by atoms with Crippen LogP contribution in [0.25, 0.3) is 6.08 Å². The maximum atomic E-state index is 13.6. The average molecular weight is 358 g/mol. The Hall–Kier alpha value is -3.15. The zero-order valence-corrected chi connectivity index (χ0v) is 14.5. The number of ketones is 1. The van der Waals surface area contributed by atoms with Gasteiger partial charge in [-0.3, -0.25) is 4.79 Å². The van der Waals surface area contributed by atoms with Gasteiger partial charge in [0.2, 0.25) is 0 Å². The molecule has 26 heavy (non-hydrogen) atoms. The summed E-state index contributed by atoms with van der Waals surface area (Å²) in [6, 6.07) is 11.0. The van der Waals surface area contributed by atoms with E-state index in [9.17, 15) is 14.0 Å². The second-order valence-electron chi connectivity index (χ2n) is 5.18. The Balaban J connectivity index is 1.94. The fourth-order valence-corrected chi connectivity index (χ4v) is 2.17. The molecule has 2 aromatic rings. The number of para-hydroxylation sites is 1. The van der Waals surface area contributed by atoms with Crippen LogP contribution in [-0.4, -0.2) is 32.1 Å². The van der Waals surface area contributed by atoms with Crippen molar-refractivity contribution < 1.29 is 28.2 Å². The van der Waals surface area contributed by atoms with Crippen molar-refractivity contribution in [1.29, 1.82) is 0 Å². The number of rotatable bonds is 8. The van der Waals surface area contributed by atoms with E-state index in [1.807, 2.05) is 19.1 Å². The lowest BCUT2D eigenvalue weighted by atomic mass is 10.1. The van der Waals surface area contributed by atoms with Crippen molar-refractivity contribution in [3.63, 3.8) is 0 Å². The van der Waals surface area contributed by atoms with Crippen LogP contribution < -0.4 is 9.47 Å². The number of carbonyl (C=O) groups excluding carboxylic acids is 2. The number of ether oxygens (including phenoxy) is 3. The van der Waals surface area contributed by atoms with Gasteiger partial charge in [0.15, 0.2) is 24.0 Å². The second-order valence-corrected chi connectivity index (χ2v) is 5.18. The molecule has 0 aliphatic carbocycles. The topological polar surface area (TPSA) is 61.8 Å². The first-order valence-corrected chi connectivity index (χ1v) is 7.98. The highest BCUT2D eigenvalue weighted by Gasteiger charge is 2.12. The molecular formula is C20H19FO5. The van der Waals surface area contributed by atoms with Crippen LogP contribution in [0.3, 0.4) is 0 Å². The van der Waals surface area contributed by atoms with Gasteiger partial charge in [0.1, 0.15) is 5.75 Å². The number of methoxy groups -OCH3 is 1. The summed E-state index contributed by atoms with van der Waals surface area (Å²) in [5.41, 5.74) is 0.816. The third-order valence-electron chi connectivity index (χ3n) is 3.44. The molecule has 0 N–H and O–H groups in total. The van der Waals surface area contributed by atoms with E-state index < -0.39 is 24.2 Å². The molecule has 0 unspecified atom stereocenters. The Morgan fingerprint density at radius 3 is 2.58 bits per heavy atom. The van der Waals surface area contributed by atoms with Gasteiger partial charge in [-0.05, 0) is 37.3 Å². The fraction of sp³-hybridized carbons (Fsp3) is 0.200. The van der Waals surface area contributed by atoms with E-state index >= 15 is 0 Å². The lowest BCUT2D eigenvalue weighted by Crippen LogP contribution is -2.12. The number of halogens is 1. The second kappa shape index (κ2) is 9.36. The van der Waals surface area contributed by atoms with Gasteiger partial charge in [-0.25, -0.2) is 9.18 Å². The van der Waals surface area contributed by atoms with Crippen LogP contribution in [0.15, 0.2) is 48.5 Å². The van der Waals surface area contributed by atoms with Gasteiger partial charge in [0, 0.05) is 17.2 Å². The quantitative estimate of drug-likeness (QED) is 0.409. The molecular weight excluding hydrogens is 339 g/mol. The molecule has 0 saturated carbocycles. The van der Waals surface area contributed by atoms with Crippen molar-refractivity contribution in [2.24, 2.45) is 0 Å². The Morgan fingerprint density at radius 2 is 1.88 bits per heavy atom. The van der Waals surface area contributed by atoms with E-state index in [0.717, 1.165) is 11.6 Å². The number of Topliss-reactive ketones (excluding diaryl/α,β-unsaturated/α-hetero) is 1. The van der Waals surface area contributed by atoms with Gasteiger partial charge < -0.3 is 14.2 Å². The number of hydrogen-bond donors (Lipinski definition) is 0. The SMILES string of the molecule is CCOc1ccccc1/C=C/C(=O)OCC(=O)c1ccc(OC)c(F)c1. The summed E-state index contributed by atoms with van der Waals surface area (Å²) in [7, 11) is 1.33. The molecule has 0 aromatic heterocycles. The molecule has 0 bridgehead atoms. The minimum atomic E-state index is -0.682. The van der Waals surface area contributed by atoms with E-state index in [4.69, 9.17) is 14.2 Å². The Bertz CT molecular complexity index is 814. The van der Waals surface area contributed by atoms with Gasteiger partial charge >= 0.3 is 5.97 Å². The average Bonchev–Trinajstić information content (AvgIpc) is 2.65. The highest BCUT2D eigenvalue weighted by molar-refractivity contribution is 5.99. The molecule has 0 amide bonds. The third kappa shape index (κ3) is 5.17. The molecule has 0 radical (unpaired) electrons. The van der Waals surface area contributed by atoms with E-state index in [1.54, 1.807) is 18.2 Å². The maximum absolute atomic E-state index is 13.6. The Labute approximate surface area is 151 Å². The molecule has 0 spiro atoms. The summed E-state index contributed by atoms with van der Waals surface area (Å²) in [6.07, 6.45) is 2.75. The first kappa shape index (κ1) is 19.2. The largest absolute Gasteiger partial charge is 0.494 e. The molecule has 2 aromatic carbocycles. The van der Waals surface area contributed by atoms with E-state index in [2.05, 4.69) is 0 Å². The fourth-order valence-electron chi connectivity index (χ4n) is 2.17. The zero-order valence-electron chi connectivity index (χ0n) is 14.5. The molecule has 2 rings (SSSR count). The van der Waals surface area contributed by atoms with Gasteiger partial charge in [-0.15, -0.1) is 0 Å². The van der Waals surface area contributed by atoms with Gasteiger partial charge in [-0.2, -0.15) is 0 Å². The van der Waals surface area contributed by atoms with Crippen LogP contribution >= 0.6 is 0 Å².